The van der Waals surface area contributed by atoms with Gasteiger partial charge in [-0.1, -0.05) is 11.6 Å². The lowest BCUT2D eigenvalue weighted by Crippen LogP contribution is -2.45. The molecule has 5 nitrogen and oxygen atoms in total. The van der Waals surface area contributed by atoms with E-state index < -0.39 is 0 Å². The minimum Gasteiger partial charge on any atom is -0.450 e. The van der Waals surface area contributed by atoms with E-state index in [0.29, 0.717) is 26.2 Å². The molecule has 22 heavy (non-hydrogen) atoms. The Labute approximate surface area is 139 Å². The predicted molar refractivity (Wildman–Crippen MR) is 87.1 cm³/mol. The number of thiophene rings is 1. The average molecular weight is 345 g/mol. The van der Waals surface area contributed by atoms with Gasteiger partial charge in [-0.25, -0.2) is 4.79 Å². The number of ether oxygens (including phenoxy) is 1. The lowest BCUT2D eigenvalue weighted by Gasteiger charge is -2.33. The molecule has 1 fully saturated rings. The molecule has 1 aliphatic rings. The summed E-state index contributed by atoms with van der Waals surface area (Å²) in [6, 6.07) is 3.77. The van der Waals surface area contributed by atoms with Crippen molar-refractivity contribution in [2.75, 3.05) is 26.7 Å². The maximum atomic E-state index is 12.6. The molecule has 0 N–H and O–H groups in total. The number of nitrogens with zero attached hydrogens (tertiary/aromatic N) is 2. The van der Waals surface area contributed by atoms with Gasteiger partial charge in [-0.05, 0) is 31.9 Å². The Balaban J connectivity index is 1.91. The Morgan fingerprint density at radius 1 is 1.50 bits per heavy atom. The van der Waals surface area contributed by atoms with Gasteiger partial charge in [-0.3, -0.25) is 4.79 Å². The molecule has 0 spiro atoms. The minimum atomic E-state index is -0.326. The second-order valence-corrected chi connectivity index (χ2v) is 7.18. The van der Waals surface area contributed by atoms with Crippen molar-refractivity contribution in [1.82, 2.24) is 9.80 Å². The molecule has 7 heteroatoms. The molecule has 1 aliphatic heterocycles. The molecule has 0 aromatic carbocycles. The third kappa shape index (κ3) is 4.36. The molecule has 0 saturated carbocycles. The third-order valence-electron chi connectivity index (χ3n) is 3.69. The molecule has 1 saturated heterocycles. The smallest absolute Gasteiger partial charge is 0.409 e. The largest absolute Gasteiger partial charge is 0.450 e. The van der Waals surface area contributed by atoms with Crippen LogP contribution in [0.15, 0.2) is 12.1 Å². The number of carbonyl (C=O) groups is 2. The van der Waals surface area contributed by atoms with Gasteiger partial charge in [0, 0.05) is 25.0 Å². The Bertz CT molecular complexity index is 535. The van der Waals surface area contributed by atoms with E-state index in [-0.39, 0.29) is 17.9 Å². The Morgan fingerprint density at radius 2 is 2.27 bits per heavy atom. The standard InChI is InChI=1S/C15H21ClN2O3S/c1-3-21-15(20)18-8-4-5-11(9-18)14(19)17(2)10-12-6-7-13(16)22-12/h6-7,11H,3-5,8-10H2,1-2H3. The van der Waals surface area contributed by atoms with E-state index in [1.807, 2.05) is 12.1 Å². The molecule has 2 heterocycles. The fourth-order valence-electron chi connectivity index (χ4n) is 2.62. The van der Waals surface area contributed by atoms with Gasteiger partial charge in [0.2, 0.25) is 5.91 Å². The molecule has 1 aromatic rings. The molecular weight excluding hydrogens is 324 g/mol. The number of hydrogen-bond donors (Lipinski definition) is 0. The monoisotopic (exact) mass is 344 g/mol. The van der Waals surface area contributed by atoms with Crippen molar-refractivity contribution < 1.29 is 14.3 Å². The lowest BCUT2D eigenvalue weighted by atomic mass is 9.97. The maximum absolute atomic E-state index is 12.6. The van der Waals surface area contributed by atoms with Crippen LogP contribution in [0.3, 0.4) is 0 Å². The van der Waals surface area contributed by atoms with Crippen LogP contribution in [0.1, 0.15) is 24.6 Å². The number of hydrogen-bond acceptors (Lipinski definition) is 4. The van der Waals surface area contributed by atoms with Crippen LogP contribution in [-0.4, -0.2) is 48.5 Å². The summed E-state index contributed by atoms with van der Waals surface area (Å²) < 4.78 is 5.74. The summed E-state index contributed by atoms with van der Waals surface area (Å²) in [5.74, 6) is -0.0860. The zero-order valence-electron chi connectivity index (χ0n) is 12.9. The topological polar surface area (TPSA) is 49.9 Å². The van der Waals surface area contributed by atoms with Crippen molar-refractivity contribution in [2.45, 2.75) is 26.3 Å². The van der Waals surface area contributed by atoms with Crippen molar-refractivity contribution in [2.24, 2.45) is 5.92 Å². The zero-order chi connectivity index (χ0) is 16.1. The molecular formula is C15H21ClN2O3S. The Morgan fingerprint density at radius 3 is 2.91 bits per heavy atom. The predicted octanol–water partition coefficient (Wildman–Crippen LogP) is 3.23. The number of halogens is 1. The first-order valence-corrected chi connectivity index (χ1v) is 8.61. The first-order valence-electron chi connectivity index (χ1n) is 7.42. The van der Waals surface area contributed by atoms with Crippen LogP contribution < -0.4 is 0 Å². The van der Waals surface area contributed by atoms with Gasteiger partial charge in [0.25, 0.3) is 0 Å². The van der Waals surface area contributed by atoms with Gasteiger partial charge < -0.3 is 14.5 Å². The normalized spacial score (nSPS) is 18.1. The quantitative estimate of drug-likeness (QED) is 0.842. The Hall–Kier alpha value is -1.27. The number of amides is 2. The van der Waals surface area contributed by atoms with E-state index in [1.165, 1.54) is 11.3 Å². The number of likely N-dealkylation sites (tertiary alicyclic amines) is 1. The summed E-state index contributed by atoms with van der Waals surface area (Å²) in [7, 11) is 1.79. The van der Waals surface area contributed by atoms with Crippen molar-refractivity contribution in [3.8, 4) is 0 Å². The van der Waals surface area contributed by atoms with E-state index in [4.69, 9.17) is 16.3 Å². The van der Waals surface area contributed by atoms with E-state index >= 15 is 0 Å². The summed E-state index contributed by atoms with van der Waals surface area (Å²) >= 11 is 7.39. The van der Waals surface area contributed by atoms with Crippen LogP contribution in [0.25, 0.3) is 0 Å². The molecule has 0 aliphatic carbocycles. The molecule has 122 valence electrons. The van der Waals surface area contributed by atoms with Gasteiger partial charge in [0.05, 0.1) is 23.4 Å². The summed E-state index contributed by atoms with van der Waals surface area (Å²) in [4.78, 5) is 28.7. The van der Waals surface area contributed by atoms with Gasteiger partial charge in [-0.2, -0.15) is 0 Å². The molecule has 2 amide bonds. The zero-order valence-corrected chi connectivity index (χ0v) is 14.5. The van der Waals surface area contributed by atoms with Crippen molar-refractivity contribution in [1.29, 1.82) is 0 Å². The summed E-state index contributed by atoms with van der Waals surface area (Å²) in [5.41, 5.74) is 0. The highest BCUT2D eigenvalue weighted by molar-refractivity contribution is 7.16. The van der Waals surface area contributed by atoms with Crippen LogP contribution in [0.5, 0.6) is 0 Å². The fraction of sp³-hybridized carbons (Fsp3) is 0.600. The van der Waals surface area contributed by atoms with Crippen LogP contribution >= 0.6 is 22.9 Å². The second-order valence-electron chi connectivity index (χ2n) is 5.38. The highest BCUT2D eigenvalue weighted by atomic mass is 35.5. The van der Waals surface area contributed by atoms with Gasteiger partial charge in [-0.15, -0.1) is 11.3 Å². The van der Waals surface area contributed by atoms with Gasteiger partial charge in [0.1, 0.15) is 0 Å². The lowest BCUT2D eigenvalue weighted by molar-refractivity contribution is -0.136. The van der Waals surface area contributed by atoms with E-state index in [0.717, 1.165) is 22.1 Å². The van der Waals surface area contributed by atoms with Crippen LogP contribution in [0, 0.1) is 5.92 Å². The fourth-order valence-corrected chi connectivity index (χ4v) is 3.76. The number of piperidine rings is 1. The molecule has 0 bridgehead atoms. The SMILES string of the molecule is CCOC(=O)N1CCCC(C(=O)N(C)Cc2ccc(Cl)s2)C1. The van der Waals surface area contributed by atoms with E-state index in [2.05, 4.69) is 0 Å². The van der Waals surface area contributed by atoms with Crippen LogP contribution in [0.4, 0.5) is 4.79 Å². The van der Waals surface area contributed by atoms with Crippen molar-refractivity contribution in [3.05, 3.63) is 21.3 Å². The Kier molecular flexibility index (Phi) is 6.08. The second kappa shape index (κ2) is 7.83. The minimum absolute atomic E-state index is 0.0681. The average Bonchev–Trinajstić information content (AvgIpc) is 2.92. The highest BCUT2D eigenvalue weighted by Crippen LogP contribution is 2.24. The number of rotatable bonds is 4. The van der Waals surface area contributed by atoms with Gasteiger partial charge in [0.15, 0.2) is 0 Å². The first-order chi connectivity index (χ1) is 10.5. The summed E-state index contributed by atoms with van der Waals surface area (Å²) in [6.07, 6.45) is 1.31. The summed E-state index contributed by atoms with van der Waals surface area (Å²) in [5, 5.41) is 0. The maximum Gasteiger partial charge on any atom is 0.409 e. The third-order valence-corrected chi connectivity index (χ3v) is 4.91. The number of carbonyl (C=O) groups excluding carboxylic acids is 2. The molecule has 1 atom stereocenters. The first kappa shape index (κ1) is 17.1. The summed E-state index contributed by atoms with van der Waals surface area (Å²) in [6.45, 7) is 3.78. The van der Waals surface area contributed by atoms with Crippen molar-refractivity contribution in [3.63, 3.8) is 0 Å². The highest BCUT2D eigenvalue weighted by Gasteiger charge is 2.30. The molecule has 1 aromatic heterocycles. The van der Waals surface area contributed by atoms with Crippen LogP contribution in [0.2, 0.25) is 4.34 Å². The molecule has 1 unspecified atom stereocenters. The van der Waals surface area contributed by atoms with E-state index in [9.17, 15) is 9.59 Å². The van der Waals surface area contributed by atoms with Gasteiger partial charge >= 0.3 is 6.09 Å². The van der Waals surface area contributed by atoms with E-state index in [1.54, 1.807) is 23.8 Å². The molecule has 0 radical (unpaired) electrons. The van der Waals surface area contributed by atoms with Crippen molar-refractivity contribution >= 4 is 34.9 Å². The molecule has 2 rings (SSSR count). The van der Waals surface area contributed by atoms with Crippen LogP contribution in [-0.2, 0) is 16.1 Å².